The molecule has 0 aliphatic rings. The number of hydrogen-bond donors (Lipinski definition) is 1. The van der Waals surface area contributed by atoms with E-state index in [1.54, 1.807) is 11.8 Å². The first-order valence-corrected chi connectivity index (χ1v) is 9.16. The molecule has 1 amide bonds. The van der Waals surface area contributed by atoms with Crippen LogP contribution in [0.15, 0.2) is 29.2 Å². The Morgan fingerprint density at radius 2 is 1.83 bits per heavy atom. The van der Waals surface area contributed by atoms with Crippen molar-refractivity contribution in [3.05, 3.63) is 29.8 Å². The Kier molecular flexibility index (Phi) is 6.74. The van der Waals surface area contributed by atoms with Gasteiger partial charge < -0.3 is 5.32 Å². The summed E-state index contributed by atoms with van der Waals surface area (Å²) in [6.07, 6.45) is 2.89. The van der Waals surface area contributed by atoms with Crippen molar-refractivity contribution in [3.63, 3.8) is 0 Å². The van der Waals surface area contributed by atoms with Crippen LogP contribution in [0.3, 0.4) is 0 Å². The van der Waals surface area contributed by atoms with Crippen molar-refractivity contribution < 1.29 is 4.79 Å². The molecule has 0 fully saturated rings. The van der Waals surface area contributed by atoms with Crippen LogP contribution < -0.4 is 5.32 Å². The first-order chi connectivity index (χ1) is 8.60. The molecule has 0 heterocycles. The predicted octanol–water partition coefficient (Wildman–Crippen LogP) is 4.08. The fraction of sp³-hybridized carbons (Fsp3) is 0.462. The second kappa shape index (κ2) is 7.56. The zero-order valence-corrected chi connectivity index (χ0v) is 14.5. The molecular formula is C13H17Br2NOS. The Morgan fingerprint density at radius 1 is 1.28 bits per heavy atom. The van der Waals surface area contributed by atoms with Gasteiger partial charge in [0, 0.05) is 21.1 Å². The highest BCUT2D eigenvalue weighted by molar-refractivity contribution is 9.09. The zero-order valence-electron chi connectivity index (χ0n) is 10.5. The van der Waals surface area contributed by atoms with E-state index in [0.29, 0.717) is 5.56 Å². The summed E-state index contributed by atoms with van der Waals surface area (Å²) in [4.78, 5) is 13.3. The van der Waals surface area contributed by atoms with Gasteiger partial charge in [-0.15, -0.1) is 11.8 Å². The third-order valence-corrected chi connectivity index (χ3v) is 5.81. The molecule has 0 aliphatic heterocycles. The third-order valence-electron chi connectivity index (χ3n) is 2.92. The molecule has 0 saturated carbocycles. The smallest absolute Gasteiger partial charge is 0.251 e. The van der Waals surface area contributed by atoms with Crippen LogP contribution >= 0.6 is 43.6 Å². The molecule has 2 nitrogen and oxygen atoms in total. The molecule has 0 radical (unpaired) electrons. The summed E-state index contributed by atoms with van der Waals surface area (Å²) in [7, 11) is 0. The van der Waals surface area contributed by atoms with Gasteiger partial charge in [0.15, 0.2) is 0 Å². The maximum Gasteiger partial charge on any atom is 0.251 e. The van der Waals surface area contributed by atoms with Gasteiger partial charge in [-0.2, -0.15) is 0 Å². The summed E-state index contributed by atoms with van der Waals surface area (Å²) in [6.45, 7) is 2.07. The second-order valence-corrected chi connectivity index (χ2v) is 6.08. The van der Waals surface area contributed by atoms with Gasteiger partial charge in [0.25, 0.3) is 5.91 Å². The fourth-order valence-corrected chi connectivity index (χ4v) is 3.85. The van der Waals surface area contributed by atoms with Crippen molar-refractivity contribution in [1.82, 2.24) is 5.32 Å². The Hall–Kier alpha value is -0.0000000000000000555. The van der Waals surface area contributed by atoms with E-state index in [-0.39, 0.29) is 11.4 Å². The monoisotopic (exact) mass is 393 g/mol. The van der Waals surface area contributed by atoms with E-state index in [1.807, 2.05) is 30.5 Å². The molecule has 1 aromatic rings. The Bertz CT molecular complexity index is 382. The van der Waals surface area contributed by atoms with Crippen LogP contribution in [0.4, 0.5) is 0 Å². The first kappa shape index (κ1) is 16.1. The largest absolute Gasteiger partial charge is 0.345 e. The van der Waals surface area contributed by atoms with Crippen molar-refractivity contribution in [1.29, 1.82) is 0 Å². The van der Waals surface area contributed by atoms with Gasteiger partial charge in [-0.25, -0.2) is 0 Å². The number of rotatable bonds is 6. The number of halogens is 2. The predicted molar refractivity (Wildman–Crippen MR) is 86.3 cm³/mol. The van der Waals surface area contributed by atoms with E-state index in [1.165, 1.54) is 0 Å². The molecule has 0 saturated heterocycles. The van der Waals surface area contributed by atoms with Gasteiger partial charge in [-0.3, -0.25) is 4.79 Å². The average molecular weight is 395 g/mol. The fourth-order valence-electron chi connectivity index (χ4n) is 1.44. The van der Waals surface area contributed by atoms with E-state index in [0.717, 1.165) is 22.0 Å². The quantitative estimate of drug-likeness (QED) is 0.581. The molecule has 0 aromatic heterocycles. The van der Waals surface area contributed by atoms with Crippen LogP contribution in [-0.4, -0.2) is 28.4 Å². The molecule has 100 valence electrons. The van der Waals surface area contributed by atoms with Crippen molar-refractivity contribution in [3.8, 4) is 0 Å². The van der Waals surface area contributed by atoms with E-state index >= 15 is 0 Å². The number of amides is 1. The van der Waals surface area contributed by atoms with Crippen LogP contribution in [0, 0.1) is 0 Å². The van der Waals surface area contributed by atoms with Crippen molar-refractivity contribution in [2.24, 2.45) is 0 Å². The highest BCUT2D eigenvalue weighted by Crippen LogP contribution is 2.19. The second-order valence-electron chi connectivity index (χ2n) is 4.08. The summed E-state index contributed by atoms with van der Waals surface area (Å²) in [5.41, 5.74) is 0.474. The van der Waals surface area contributed by atoms with Crippen molar-refractivity contribution in [2.45, 2.75) is 23.8 Å². The standard InChI is InChI=1S/C13H17Br2NOS/c1-3-13(8-14,9-15)16-12(17)10-4-6-11(18-2)7-5-10/h4-7H,3,8-9H2,1-2H3,(H,16,17). The lowest BCUT2D eigenvalue weighted by Crippen LogP contribution is -2.51. The Morgan fingerprint density at radius 3 is 2.22 bits per heavy atom. The lowest BCUT2D eigenvalue weighted by atomic mass is 10.0. The summed E-state index contributed by atoms with van der Waals surface area (Å²) in [5.74, 6) is -0.0246. The molecule has 18 heavy (non-hydrogen) atoms. The summed E-state index contributed by atoms with van der Waals surface area (Å²) in [5, 5.41) is 4.56. The van der Waals surface area contributed by atoms with Crippen LogP contribution in [0.5, 0.6) is 0 Å². The van der Waals surface area contributed by atoms with Crippen molar-refractivity contribution >= 4 is 49.5 Å². The molecule has 0 spiro atoms. The Labute approximate surface area is 130 Å². The maximum absolute atomic E-state index is 12.2. The minimum absolute atomic E-state index is 0.0246. The molecule has 0 atom stereocenters. The molecule has 0 aliphatic carbocycles. The van der Waals surface area contributed by atoms with E-state index in [9.17, 15) is 4.79 Å². The number of benzene rings is 1. The third kappa shape index (κ3) is 4.00. The Balaban J connectivity index is 2.80. The normalized spacial score (nSPS) is 11.3. The molecule has 0 unspecified atom stereocenters. The highest BCUT2D eigenvalue weighted by atomic mass is 79.9. The van der Waals surface area contributed by atoms with Crippen LogP contribution in [0.2, 0.25) is 0 Å². The number of nitrogens with one attached hydrogen (secondary N) is 1. The molecule has 1 rings (SSSR count). The van der Waals surface area contributed by atoms with Gasteiger partial charge in [0.2, 0.25) is 0 Å². The SMILES string of the molecule is CCC(CBr)(CBr)NC(=O)c1ccc(SC)cc1. The molecule has 0 bridgehead atoms. The molecular weight excluding hydrogens is 378 g/mol. The van der Waals surface area contributed by atoms with Crippen molar-refractivity contribution in [2.75, 3.05) is 16.9 Å². The number of alkyl halides is 2. The topological polar surface area (TPSA) is 29.1 Å². The van der Waals surface area contributed by atoms with Gasteiger partial charge in [-0.1, -0.05) is 38.8 Å². The lowest BCUT2D eigenvalue weighted by molar-refractivity contribution is 0.0915. The van der Waals surface area contributed by atoms with E-state index in [4.69, 9.17) is 0 Å². The van der Waals surface area contributed by atoms with E-state index in [2.05, 4.69) is 44.1 Å². The summed E-state index contributed by atoms with van der Waals surface area (Å²) in [6, 6.07) is 7.67. The number of carbonyl (C=O) groups excluding carboxylic acids is 1. The minimum Gasteiger partial charge on any atom is -0.345 e. The average Bonchev–Trinajstić information content (AvgIpc) is 2.45. The van der Waals surface area contributed by atoms with Gasteiger partial charge >= 0.3 is 0 Å². The summed E-state index contributed by atoms with van der Waals surface area (Å²) < 4.78 is 0. The molecule has 1 N–H and O–H groups in total. The van der Waals surface area contributed by atoms with Crippen LogP contribution in [-0.2, 0) is 0 Å². The first-order valence-electron chi connectivity index (χ1n) is 5.69. The number of carbonyl (C=O) groups is 1. The molecule has 5 heteroatoms. The highest BCUT2D eigenvalue weighted by Gasteiger charge is 2.27. The number of hydrogen-bond acceptors (Lipinski definition) is 2. The van der Waals surface area contributed by atoms with Gasteiger partial charge in [0.1, 0.15) is 0 Å². The minimum atomic E-state index is -0.227. The van der Waals surface area contributed by atoms with E-state index < -0.39 is 0 Å². The molecule has 1 aromatic carbocycles. The zero-order chi connectivity index (χ0) is 13.6. The number of thioether (sulfide) groups is 1. The van der Waals surface area contributed by atoms with Crippen LogP contribution in [0.1, 0.15) is 23.7 Å². The van der Waals surface area contributed by atoms with Gasteiger partial charge in [-0.05, 0) is 36.9 Å². The lowest BCUT2D eigenvalue weighted by Gasteiger charge is -2.30. The maximum atomic E-state index is 12.2. The summed E-state index contributed by atoms with van der Waals surface area (Å²) >= 11 is 8.61. The van der Waals surface area contributed by atoms with Crippen LogP contribution in [0.25, 0.3) is 0 Å². The van der Waals surface area contributed by atoms with Gasteiger partial charge in [0.05, 0.1) is 5.54 Å².